The van der Waals surface area contributed by atoms with Crippen molar-refractivity contribution in [2.24, 2.45) is 0 Å². The highest BCUT2D eigenvalue weighted by atomic mass is 32.1. The molecule has 2 heterocycles. The summed E-state index contributed by atoms with van der Waals surface area (Å²) in [5.41, 5.74) is 0.252. The van der Waals surface area contributed by atoms with Crippen molar-refractivity contribution in [3.63, 3.8) is 0 Å². The molecule has 0 spiro atoms. The summed E-state index contributed by atoms with van der Waals surface area (Å²) in [6.45, 7) is 1.62. The molecule has 24 heavy (non-hydrogen) atoms. The minimum Gasteiger partial charge on any atom is -0.495 e. The maximum absolute atomic E-state index is 14.2. The van der Waals surface area contributed by atoms with Crippen LogP contribution in [0.4, 0.5) is 4.39 Å². The molecule has 2 aromatic heterocycles. The average Bonchev–Trinajstić information content (AvgIpc) is 3.22. The van der Waals surface area contributed by atoms with Gasteiger partial charge in [-0.15, -0.1) is 11.3 Å². The number of nitrogens with one attached hydrogen (secondary N) is 1. The fourth-order valence-corrected chi connectivity index (χ4v) is 3.00. The van der Waals surface area contributed by atoms with Crippen LogP contribution in [0.25, 0.3) is 0 Å². The number of halogens is 1. The Morgan fingerprint density at radius 1 is 1.38 bits per heavy atom. The first kappa shape index (κ1) is 16.1. The van der Waals surface area contributed by atoms with Crippen LogP contribution in [0.3, 0.4) is 0 Å². The summed E-state index contributed by atoms with van der Waals surface area (Å²) in [5.74, 6) is 0.0887. The van der Waals surface area contributed by atoms with Gasteiger partial charge in [0.15, 0.2) is 5.82 Å². The predicted octanol–water partition coefficient (Wildman–Crippen LogP) is 3.11. The van der Waals surface area contributed by atoms with Crippen LogP contribution >= 0.6 is 11.3 Å². The number of ether oxygens (including phenoxy) is 1. The molecule has 8 heteroatoms. The van der Waals surface area contributed by atoms with Crippen LogP contribution in [0.1, 0.15) is 33.0 Å². The maximum atomic E-state index is 14.2. The third-order valence-corrected chi connectivity index (χ3v) is 4.24. The van der Waals surface area contributed by atoms with Crippen LogP contribution in [0.5, 0.6) is 5.75 Å². The Balaban J connectivity index is 1.97. The highest BCUT2D eigenvalue weighted by molar-refractivity contribution is 7.12. The molecule has 0 aliphatic heterocycles. The second-order valence-electron chi connectivity index (χ2n) is 4.92. The first-order chi connectivity index (χ1) is 11.6. The summed E-state index contributed by atoms with van der Waals surface area (Å²) in [6, 6.07) is 6.95. The number of hydrogen-bond acceptors (Lipinski definition) is 6. The highest BCUT2D eigenvalue weighted by Crippen LogP contribution is 2.27. The lowest BCUT2D eigenvalue weighted by Crippen LogP contribution is -2.30. The van der Waals surface area contributed by atoms with Gasteiger partial charge in [0.25, 0.3) is 5.91 Å². The minimum absolute atomic E-state index is 0.182. The van der Waals surface area contributed by atoms with E-state index in [1.165, 1.54) is 24.5 Å². The second-order valence-corrected chi connectivity index (χ2v) is 5.83. The van der Waals surface area contributed by atoms with Gasteiger partial charge >= 0.3 is 0 Å². The fraction of sp³-hybridized carbons (Fsp3) is 0.188. The molecule has 3 rings (SSSR count). The van der Waals surface area contributed by atoms with Crippen LogP contribution in [-0.2, 0) is 0 Å². The topological polar surface area (TPSA) is 77.2 Å². The number of benzene rings is 1. The van der Waals surface area contributed by atoms with Crippen molar-refractivity contribution in [1.82, 2.24) is 15.5 Å². The number of amides is 1. The van der Waals surface area contributed by atoms with Crippen LogP contribution in [0.2, 0.25) is 0 Å². The molecule has 1 atom stereocenters. The molecular formula is C16H14FN3O3S. The molecule has 0 bridgehead atoms. The van der Waals surface area contributed by atoms with E-state index >= 15 is 0 Å². The van der Waals surface area contributed by atoms with Gasteiger partial charge in [-0.3, -0.25) is 4.79 Å². The van der Waals surface area contributed by atoms with Crippen molar-refractivity contribution in [2.75, 3.05) is 7.11 Å². The Morgan fingerprint density at radius 3 is 2.83 bits per heavy atom. The van der Waals surface area contributed by atoms with Crippen molar-refractivity contribution in [3.8, 4) is 5.75 Å². The van der Waals surface area contributed by atoms with E-state index in [1.807, 2.05) is 0 Å². The zero-order chi connectivity index (χ0) is 17.1. The number of carbonyl (C=O) groups excluding carboxylic acids is 1. The minimum atomic E-state index is -0.872. The van der Waals surface area contributed by atoms with Gasteiger partial charge in [0, 0.05) is 12.5 Å². The highest BCUT2D eigenvalue weighted by Gasteiger charge is 2.26. The van der Waals surface area contributed by atoms with Gasteiger partial charge in [0.2, 0.25) is 5.89 Å². The quantitative estimate of drug-likeness (QED) is 0.767. The van der Waals surface area contributed by atoms with Gasteiger partial charge in [0.05, 0.1) is 7.11 Å². The van der Waals surface area contributed by atoms with Crippen LogP contribution < -0.4 is 10.1 Å². The zero-order valence-electron chi connectivity index (χ0n) is 12.9. The summed E-state index contributed by atoms with van der Waals surface area (Å²) < 4.78 is 24.3. The molecule has 1 N–H and O–H groups in total. The monoisotopic (exact) mass is 347 g/mol. The largest absolute Gasteiger partial charge is 0.495 e. The molecule has 0 aliphatic rings. The SMILES string of the molecule is COc1ccsc1C(=O)NC(c1noc(C)n1)c1ccccc1F. The molecule has 3 aromatic rings. The van der Waals surface area contributed by atoms with Gasteiger partial charge in [-0.2, -0.15) is 4.98 Å². The van der Waals surface area contributed by atoms with E-state index in [0.717, 1.165) is 0 Å². The smallest absolute Gasteiger partial charge is 0.266 e. The molecule has 0 aliphatic carbocycles. The van der Waals surface area contributed by atoms with E-state index in [2.05, 4.69) is 15.5 Å². The first-order valence-electron chi connectivity index (χ1n) is 7.07. The van der Waals surface area contributed by atoms with Crippen LogP contribution in [0.15, 0.2) is 40.2 Å². The number of carbonyl (C=O) groups is 1. The molecule has 0 saturated carbocycles. The van der Waals surface area contributed by atoms with Gasteiger partial charge in [-0.05, 0) is 17.5 Å². The molecule has 6 nitrogen and oxygen atoms in total. The lowest BCUT2D eigenvalue weighted by atomic mass is 10.1. The van der Waals surface area contributed by atoms with E-state index < -0.39 is 17.8 Å². The van der Waals surface area contributed by atoms with Crippen LogP contribution in [-0.4, -0.2) is 23.2 Å². The number of hydrogen-bond donors (Lipinski definition) is 1. The van der Waals surface area contributed by atoms with Crippen molar-refractivity contribution >= 4 is 17.2 Å². The van der Waals surface area contributed by atoms with Crippen molar-refractivity contribution in [1.29, 1.82) is 0 Å². The first-order valence-corrected chi connectivity index (χ1v) is 7.95. The number of aromatic nitrogens is 2. The van der Waals surface area contributed by atoms with Gasteiger partial charge in [-0.1, -0.05) is 23.4 Å². The molecule has 1 aromatic carbocycles. The molecule has 0 saturated heterocycles. The average molecular weight is 347 g/mol. The zero-order valence-corrected chi connectivity index (χ0v) is 13.8. The van der Waals surface area contributed by atoms with Crippen molar-refractivity contribution in [2.45, 2.75) is 13.0 Å². The lowest BCUT2D eigenvalue weighted by molar-refractivity contribution is 0.0942. The standard InChI is InChI=1S/C16H14FN3O3S/c1-9-18-15(20-23-9)13(10-5-3-4-6-11(10)17)19-16(21)14-12(22-2)7-8-24-14/h3-8,13H,1-2H3,(H,19,21). The van der Waals surface area contributed by atoms with Crippen molar-refractivity contribution in [3.05, 3.63) is 63.7 Å². The van der Waals surface area contributed by atoms with E-state index in [4.69, 9.17) is 9.26 Å². The molecule has 1 amide bonds. The molecule has 0 fully saturated rings. The number of methoxy groups -OCH3 is 1. The summed E-state index contributed by atoms with van der Waals surface area (Å²) in [6.07, 6.45) is 0. The summed E-state index contributed by atoms with van der Waals surface area (Å²) in [7, 11) is 1.48. The normalized spacial score (nSPS) is 12.0. The molecular weight excluding hydrogens is 333 g/mol. The van der Waals surface area contributed by atoms with E-state index in [0.29, 0.717) is 16.5 Å². The molecule has 1 unspecified atom stereocenters. The van der Waals surface area contributed by atoms with Gasteiger partial charge in [0.1, 0.15) is 22.5 Å². The Kier molecular flexibility index (Phi) is 4.57. The number of rotatable bonds is 5. The van der Waals surface area contributed by atoms with E-state index in [-0.39, 0.29) is 11.4 Å². The summed E-state index contributed by atoms with van der Waals surface area (Å²) in [4.78, 5) is 17.1. The summed E-state index contributed by atoms with van der Waals surface area (Å²) >= 11 is 1.23. The van der Waals surface area contributed by atoms with Crippen LogP contribution in [0, 0.1) is 12.7 Å². The second kappa shape index (κ2) is 6.79. The number of nitrogens with zero attached hydrogens (tertiary/aromatic N) is 2. The van der Waals surface area contributed by atoms with E-state index in [9.17, 15) is 9.18 Å². The Morgan fingerprint density at radius 2 is 2.17 bits per heavy atom. The maximum Gasteiger partial charge on any atom is 0.266 e. The van der Waals surface area contributed by atoms with Gasteiger partial charge < -0.3 is 14.6 Å². The van der Waals surface area contributed by atoms with Crippen molar-refractivity contribution < 1.29 is 18.4 Å². The Bertz CT molecular complexity index is 862. The number of aryl methyl sites for hydroxylation is 1. The van der Waals surface area contributed by atoms with E-state index in [1.54, 1.807) is 36.6 Å². The summed E-state index contributed by atoms with van der Waals surface area (Å²) in [5, 5.41) is 8.30. The number of thiophene rings is 1. The molecule has 124 valence electrons. The third kappa shape index (κ3) is 3.13. The third-order valence-electron chi connectivity index (χ3n) is 3.35. The predicted molar refractivity (Wildman–Crippen MR) is 85.6 cm³/mol. The lowest BCUT2D eigenvalue weighted by Gasteiger charge is -2.16. The molecule has 0 radical (unpaired) electrons. The Labute approximate surface area is 141 Å². The fourth-order valence-electron chi connectivity index (χ4n) is 2.24. The Hall–Kier alpha value is -2.74. The van der Waals surface area contributed by atoms with Gasteiger partial charge in [-0.25, -0.2) is 4.39 Å².